The maximum atomic E-state index is 10.8. The number of carbonyl (C=O) groups is 2. The van der Waals surface area contributed by atoms with E-state index in [0.717, 1.165) is 0 Å². The van der Waals surface area contributed by atoms with E-state index in [1.807, 2.05) is 0 Å². The van der Waals surface area contributed by atoms with Gasteiger partial charge in [0.05, 0.1) is 5.75 Å². The molecule has 0 aromatic rings. The highest BCUT2D eigenvalue weighted by Crippen LogP contribution is 2.01. The van der Waals surface area contributed by atoms with Gasteiger partial charge in [0.2, 0.25) is 5.91 Å². The lowest BCUT2D eigenvalue weighted by molar-refractivity contribution is -0.142. The normalized spacial score (nSPS) is 12.7. The summed E-state index contributed by atoms with van der Waals surface area (Å²) in [6.45, 7) is 3.47. The van der Waals surface area contributed by atoms with Crippen LogP contribution in [0.4, 0.5) is 0 Å². The van der Waals surface area contributed by atoms with Gasteiger partial charge in [0.15, 0.2) is 0 Å². The van der Waals surface area contributed by atoms with E-state index in [0.29, 0.717) is 0 Å². The predicted molar refractivity (Wildman–Crippen MR) is 48.3 cm³/mol. The van der Waals surface area contributed by atoms with Crippen LogP contribution in [0.25, 0.3) is 0 Å². The summed E-state index contributed by atoms with van der Waals surface area (Å²) in [6.07, 6.45) is 0. The Hall–Kier alpha value is -0.710. The average Bonchev–Trinajstić information content (AvgIpc) is 1.98. The number of hydrogen-bond acceptors (Lipinski definition) is 3. The van der Waals surface area contributed by atoms with E-state index in [-0.39, 0.29) is 17.6 Å². The van der Waals surface area contributed by atoms with Gasteiger partial charge in [-0.2, -0.15) is 12.6 Å². The summed E-state index contributed by atoms with van der Waals surface area (Å²) in [4.78, 5) is 21.3. The zero-order valence-electron chi connectivity index (χ0n) is 7.07. The lowest BCUT2D eigenvalue weighted by atomic mass is 10.1. The molecule has 4 nitrogen and oxygen atoms in total. The highest BCUT2D eigenvalue weighted by Gasteiger charge is 2.22. The molecule has 2 N–H and O–H groups in total. The van der Waals surface area contributed by atoms with Crippen molar-refractivity contribution in [3.8, 4) is 0 Å². The van der Waals surface area contributed by atoms with Gasteiger partial charge in [0, 0.05) is 0 Å². The first-order chi connectivity index (χ1) is 5.49. The third-order valence-electron chi connectivity index (χ3n) is 1.39. The molecule has 5 heteroatoms. The molecule has 0 aromatic heterocycles. The second-order valence-corrected chi connectivity index (χ2v) is 3.10. The average molecular weight is 191 g/mol. The third-order valence-corrected chi connectivity index (χ3v) is 1.68. The summed E-state index contributed by atoms with van der Waals surface area (Å²) < 4.78 is 0. The van der Waals surface area contributed by atoms with E-state index in [1.54, 1.807) is 13.8 Å². The van der Waals surface area contributed by atoms with Crippen LogP contribution in [-0.4, -0.2) is 28.8 Å². The Morgan fingerprint density at radius 1 is 1.50 bits per heavy atom. The zero-order valence-corrected chi connectivity index (χ0v) is 7.97. The summed E-state index contributed by atoms with van der Waals surface area (Å²) in [5.74, 6) is -1.48. The summed E-state index contributed by atoms with van der Waals surface area (Å²) in [7, 11) is 0. The minimum atomic E-state index is -1.01. The van der Waals surface area contributed by atoms with Crippen LogP contribution in [0.2, 0.25) is 0 Å². The monoisotopic (exact) mass is 191 g/mol. The fourth-order valence-electron chi connectivity index (χ4n) is 0.733. The Balaban J connectivity index is 4.14. The van der Waals surface area contributed by atoms with Crippen LogP contribution in [0, 0.1) is 5.92 Å². The first kappa shape index (κ1) is 11.3. The Labute approximate surface area is 76.8 Å². The molecule has 0 saturated heterocycles. The van der Waals surface area contributed by atoms with Crippen molar-refractivity contribution < 1.29 is 14.7 Å². The molecule has 0 bridgehead atoms. The minimum Gasteiger partial charge on any atom is -0.480 e. The van der Waals surface area contributed by atoms with Crippen molar-refractivity contribution in [3.63, 3.8) is 0 Å². The van der Waals surface area contributed by atoms with E-state index in [2.05, 4.69) is 17.9 Å². The van der Waals surface area contributed by atoms with Crippen molar-refractivity contribution in [1.29, 1.82) is 0 Å². The standard InChI is InChI=1S/C7H13NO3S/c1-4(2)6(7(10)11)8-5(9)3-12/h4,6,12H,3H2,1-2H3,(H,8,9)(H,10,11)/t6-/m0/s1. The Morgan fingerprint density at radius 2 is 2.00 bits per heavy atom. The quantitative estimate of drug-likeness (QED) is 0.554. The summed E-state index contributed by atoms with van der Waals surface area (Å²) in [5, 5.41) is 11.0. The molecule has 0 fully saturated rings. The van der Waals surface area contributed by atoms with Crippen LogP contribution >= 0.6 is 12.6 Å². The van der Waals surface area contributed by atoms with Gasteiger partial charge in [-0.25, -0.2) is 4.79 Å². The van der Waals surface area contributed by atoms with Gasteiger partial charge in [0.25, 0.3) is 0 Å². The smallest absolute Gasteiger partial charge is 0.326 e. The van der Waals surface area contributed by atoms with Gasteiger partial charge in [0.1, 0.15) is 6.04 Å². The number of rotatable bonds is 4. The molecule has 0 saturated carbocycles. The minimum absolute atomic E-state index is 0.0104. The molecule has 1 atom stereocenters. The van der Waals surface area contributed by atoms with Gasteiger partial charge in [-0.15, -0.1) is 0 Å². The second-order valence-electron chi connectivity index (χ2n) is 2.79. The first-order valence-electron chi connectivity index (χ1n) is 3.62. The topological polar surface area (TPSA) is 66.4 Å². The van der Waals surface area contributed by atoms with Gasteiger partial charge >= 0.3 is 5.97 Å². The number of nitrogens with one attached hydrogen (secondary N) is 1. The summed E-state index contributed by atoms with van der Waals surface area (Å²) in [6, 6.07) is -0.815. The SMILES string of the molecule is CC(C)[C@H](NC(=O)CS)C(=O)O. The molecule has 0 rings (SSSR count). The van der Waals surface area contributed by atoms with Crippen LogP contribution in [0.5, 0.6) is 0 Å². The molecule has 1 amide bonds. The fraction of sp³-hybridized carbons (Fsp3) is 0.714. The Kier molecular flexibility index (Phi) is 4.73. The van der Waals surface area contributed by atoms with Crippen molar-refractivity contribution in [3.05, 3.63) is 0 Å². The molecular formula is C7H13NO3S. The van der Waals surface area contributed by atoms with Crippen molar-refractivity contribution >= 4 is 24.5 Å². The molecule has 12 heavy (non-hydrogen) atoms. The second kappa shape index (κ2) is 5.03. The van der Waals surface area contributed by atoms with Crippen molar-refractivity contribution in [2.45, 2.75) is 19.9 Å². The molecule has 0 spiro atoms. The van der Waals surface area contributed by atoms with Crippen LogP contribution in [0.15, 0.2) is 0 Å². The van der Waals surface area contributed by atoms with Crippen LogP contribution in [0.1, 0.15) is 13.8 Å². The zero-order chi connectivity index (χ0) is 9.72. The fourth-order valence-corrected chi connectivity index (χ4v) is 0.824. The van der Waals surface area contributed by atoms with Gasteiger partial charge in [-0.3, -0.25) is 4.79 Å². The Bertz CT molecular complexity index is 181. The number of carboxylic acids is 1. The lowest BCUT2D eigenvalue weighted by Gasteiger charge is -2.16. The highest BCUT2D eigenvalue weighted by atomic mass is 32.1. The van der Waals surface area contributed by atoms with Gasteiger partial charge in [-0.05, 0) is 5.92 Å². The predicted octanol–water partition coefficient (Wildman–Crippen LogP) is 0.142. The highest BCUT2D eigenvalue weighted by molar-refractivity contribution is 7.81. The largest absolute Gasteiger partial charge is 0.480 e. The van der Waals surface area contributed by atoms with Crippen LogP contribution in [0.3, 0.4) is 0 Å². The number of hydrogen-bond donors (Lipinski definition) is 3. The third kappa shape index (κ3) is 3.61. The van der Waals surface area contributed by atoms with E-state index in [4.69, 9.17) is 5.11 Å². The number of amides is 1. The van der Waals surface area contributed by atoms with E-state index >= 15 is 0 Å². The van der Waals surface area contributed by atoms with Crippen LogP contribution in [-0.2, 0) is 9.59 Å². The summed E-state index contributed by atoms with van der Waals surface area (Å²) in [5.41, 5.74) is 0. The molecule has 70 valence electrons. The molecular weight excluding hydrogens is 178 g/mol. The van der Waals surface area contributed by atoms with E-state index in [1.165, 1.54) is 0 Å². The number of carboxylic acid groups (broad SMARTS) is 1. The van der Waals surface area contributed by atoms with E-state index in [9.17, 15) is 9.59 Å². The number of aliphatic carboxylic acids is 1. The lowest BCUT2D eigenvalue weighted by Crippen LogP contribution is -2.44. The number of thiol groups is 1. The molecule has 0 aromatic carbocycles. The van der Waals surface area contributed by atoms with Crippen molar-refractivity contribution in [2.24, 2.45) is 5.92 Å². The molecule has 0 aliphatic rings. The van der Waals surface area contributed by atoms with Gasteiger partial charge < -0.3 is 10.4 Å². The van der Waals surface area contributed by atoms with Crippen molar-refractivity contribution in [2.75, 3.05) is 5.75 Å². The van der Waals surface area contributed by atoms with Crippen LogP contribution < -0.4 is 5.32 Å². The maximum absolute atomic E-state index is 10.8. The molecule has 0 heterocycles. The molecule has 0 unspecified atom stereocenters. The maximum Gasteiger partial charge on any atom is 0.326 e. The molecule has 0 aliphatic carbocycles. The van der Waals surface area contributed by atoms with Crippen molar-refractivity contribution in [1.82, 2.24) is 5.32 Å². The molecule has 0 aliphatic heterocycles. The first-order valence-corrected chi connectivity index (χ1v) is 4.25. The Morgan fingerprint density at radius 3 is 2.25 bits per heavy atom. The van der Waals surface area contributed by atoms with Gasteiger partial charge in [-0.1, -0.05) is 13.8 Å². The van der Waals surface area contributed by atoms with E-state index < -0.39 is 12.0 Å². The summed E-state index contributed by atoms with van der Waals surface area (Å²) >= 11 is 3.72. The molecule has 0 radical (unpaired) electrons. The number of carbonyl (C=O) groups excluding carboxylic acids is 1.